The van der Waals surface area contributed by atoms with E-state index in [0.29, 0.717) is 24.1 Å². The number of hydrogen-bond donors (Lipinski definition) is 2. The Morgan fingerprint density at radius 2 is 2.13 bits per heavy atom. The van der Waals surface area contributed by atoms with E-state index >= 15 is 0 Å². The van der Waals surface area contributed by atoms with E-state index in [1.165, 1.54) is 28.2 Å². The Morgan fingerprint density at radius 3 is 2.90 bits per heavy atom. The molecular weight excluding hydrogens is 441 g/mol. The summed E-state index contributed by atoms with van der Waals surface area (Å²) >= 11 is 7.51. The summed E-state index contributed by atoms with van der Waals surface area (Å²) in [5.41, 5.74) is 1.48. The van der Waals surface area contributed by atoms with Crippen LogP contribution in [0.2, 0.25) is 5.02 Å². The molecule has 0 saturated carbocycles. The average molecular weight is 456 g/mol. The molecule has 0 fully saturated rings. The summed E-state index contributed by atoms with van der Waals surface area (Å²) in [5.74, 6) is -1.05. The Labute approximate surface area is 184 Å². The quantitative estimate of drug-likeness (QED) is 0.482. The lowest BCUT2D eigenvalue weighted by atomic mass is 10.2. The van der Waals surface area contributed by atoms with Gasteiger partial charge in [0.25, 0.3) is 11.5 Å². The smallest absolute Gasteiger partial charge is 0.261 e. The molecule has 0 radical (unpaired) electrons. The molecule has 0 unspecified atom stereocenters. The lowest BCUT2D eigenvalue weighted by molar-refractivity contribution is 0.102. The first-order valence-corrected chi connectivity index (χ1v) is 10.8. The number of hydrogen-bond acceptors (Lipinski definition) is 5. The molecule has 1 aliphatic rings. The van der Waals surface area contributed by atoms with Crippen molar-refractivity contribution in [3.63, 3.8) is 0 Å². The Bertz CT molecular complexity index is 1340. The number of aromatic amines is 1. The third-order valence-electron chi connectivity index (χ3n) is 5.04. The maximum Gasteiger partial charge on any atom is 0.261 e. The molecule has 3 heterocycles. The number of fused-ring (bicyclic) bond motifs is 1. The molecule has 7 nitrogen and oxygen atoms in total. The van der Waals surface area contributed by atoms with Crippen molar-refractivity contribution in [2.24, 2.45) is 0 Å². The fourth-order valence-electron chi connectivity index (χ4n) is 3.60. The van der Waals surface area contributed by atoms with Gasteiger partial charge in [0.2, 0.25) is 5.95 Å². The van der Waals surface area contributed by atoms with E-state index < -0.39 is 11.7 Å². The van der Waals surface area contributed by atoms with Crippen LogP contribution in [-0.2, 0) is 12.8 Å². The molecule has 156 valence electrons. The molecule has 3 aromatic heterocycles. The number of aromatic nitrogens is 4. The van der Waals surface area contributed by atoms with E-state index in [4.69, 9.17) is 11.6 Å². The minimum atomic E-state index is -0.737. The lowest BCUT2D eigenvalue weighted by Gasteiger charge is -2.10. The van der Waals surface area contributed by atoms with Crippen LogP contribution in [0.3, 0.4) is 0 Å². The number of aryl methyl sites for hydroxylation is 1. The van der Waals surface area contributed by atoms with Crippen LogP contribution < -0.4 is 10.9 Å². The van der Waals surface area contributed by atoms with Crippen LogP contribution in [0, 0.1) is 5.82 Å². The SMILES string of the molecule is O=C(Nc1cc(-c2cccs2)nn1-c1nc2c(c(=O)[nH]1)CCC2)c1c(F)cccc1Cl. The molecule has 0 bridgehead atoms. The van der Waals surface area contributed by atoms with E-state index in [1.807, 2.05) is 17.5 Å². The number of anilines is 1. The normalized spacial score (nSPS) is 12.7. The van der Waals surface area contributed by atoms with Crippen molar-refractivity contribution in [2.75, 3.05) is 5.32 Å². The highest BCUT2D eigenvalue weighted by Gasteiger charge is 2.23. The third kappa shape index (κ3) is 3.55. The van der Waals surface area contributed by atoms with Crippen LogP contribution >= 0.6 is 22.9 Å². The van der Waals surface area contributed by atoms with Gasteiger partial charge in [-0.3, -0.25) is 14.6 Å². The van der Waals surface area contributed by atoms with Crippen molar-refractivity contribution >= 4 is 34.7 Å². The maximum atomic E-state index is 14.2. The predicted molar refractivity (Wildman–Crippen MR) is 117 cm³/mol. The molecule has 2 N–H and O–H groups in total. The number of nitrogens with one attached hydrogen (secondary N) is 2. The van der Waals surface area contributed by atoms with Gasteiger partial charge in [-0.2, -0.15) is 9.78 Å². The summed E-state index contributed by atoms with van der Waals surface area (Å²) in [7, 11) is 0. The number of carbonyl (C=O) groups is 1. The van der Waals surface area contributed by atoms with E-state index in [-0.39, 0.29) is 27.9 Å². The number of carbonyl (C=O) groups excluding carboxylic acids is 1. The van der Waals surface area contributed by atoms with Gasteiger partial charge in [0.15, 0.2) is 0 Å². The molecule has 1 aromatic carbocycles. The minimum absolute atomic E-state index is 0.00823. The summed E-state index contributed by atoms with van der Waals surface area (Å²) in [6.07, 6.45) is 2.26. The summed E-state index contributed by atoms with van der Waals surface area (Å²) in [6, 6.07) is 9.43. The zero-order valence-electron chi connectivity index (χ0n) is 16.0. The van der Waals surface area contributed by atoms with Gasteiger partial charge in [-0.15, -0.1) is 11.3 Å². The zero-order chi connectivity index (χ0) is 21.5. The van der Waals surface area contributed by atoms with Gasteiger partial charge in [0, 0.05) is 11.6 Å². The van der Waals surface area contributed by atoms with E-state index in [9.17, 15) is 14.0 Å². The van der Waals surface area contributed by atoms with Crippen LogP contribution in [0.1, 0.15) is 28.0 Å². The lowest BCUT2D eigenvalue weighted by Crippen LogP contribution is -2.21. The molecule has 5 rings (SSSR count). The molecule has 1 aliphatic carbocycles. The second-order valence-corrected chi connectivity index (χ2v) is 8.38. The van der Waals surface area contributed by atoms with E-state index in [1.54, 1.807) is 6.07 Å². The number of thiophene rings is 1. The van der Waals surface area contributed by atoms with E-state index in [2.05, 4.69) is 20.4 Å². The number of rotatable bonds is 4. The van der Waals surface area contributed by atoms with Crippen LogP contribution in [0.5, 0.6) is 0 Å². The molecule has 1 amide bonds. The van der Waals surface area contributed by atoms with Gasteiger partial charge < -0.3 is 5.32 Å². The molecular formula is C21H15ClFN5O2S. The molecule has 4 aromatic rings. The van der Waals surface area contributed by atoms with E-state index in [0.717, 1.165) is 23.1 Å². The summed E-state index contributed by atoms with van der Waals surface area (Å²) in [5, 5.41) is 9.09. The van der Waals surface area contributed by atoms with Crippen LogP contribution in [0.4, 0.5) is 10.2 Å². The van der Waals surface area contributed by atoms with Crippen molar-refractivity contribution in [1.82, 2.24) is 19.7 Å². The topological polar surface area (TPSA) is 92.7 Å². The van der Waals surface area contributed by atoms with Gasteiger partial charge >= 0.3 is 0 Å². The van der Waals surface area contributed by atoms with Gasteiger partial charge in [-0.25, -0.2) is 9.37 Å². The Hall–Kier alpha value is -3.30. The second kappa shape index (κ2) is 7.75. The van der Waals surface area contributed by atoms with Crippen molar-refractivity contribution in [3.05, 3.63) is 79.8 Å². The highest BCUT2D eigenvalue weighted by molar-refractivity contribution is 7.13. The van der Waals surface area contributed by atoms with Crippen molar-refractivity contribution < 1.29 is 9.18 Å². The molecule has 10 heteroatoms. The second-order valence-electron chi connectivity index (χ2n) is 7.02. The Balaban J connectivity index is 1.61. The fourth-order valence-corrected chi connectivity index (χ4v) is 4.53. The van der Waals surface area contributed by atoms with Gasteiger partial charge in [-0.05, 0) is 42.8 Å². The van der Waals surface area contributed by atoms with Crippen molar-refractivity contribution in [1.29, 1.82) is 0 Å². The summed E-state index contributed by atoms with van der Waals surface area (Å²) < 4.78 is 15.6. The third-order valence-corrected chi connectivity index (χ3v) is 6.25. The molecule has 0 saturated heterocycles. The predicted octanol–water partition coefficient (Wildman–Crippen LogP) is 4.22. The largest absolute Gasteiger partial charge is 0.306 e. The highest BCUT2D eigenvalue weighted by atomic mass is 35.5. The van der Waals surface area contributed by atoms with Gasteiger partial charge in [-0.1, -0.05) is 23.7 Å². The van der Waals surface area contributed by atoms with Crippen molar-refractivity contribution in [3.8, 4) is 16.5 Å². The number of amides is 1. The minimum Gasteiger partial charge on any atom is -0.306 e. The number of halogens is 2. The Kier molecular flexibility index (Phi) is 4.91. The van der Waals surface area contributed by atoms with Crippen LogP contribution in [0.15, 0.2) is 46.6 Å². The molecule has 0 atom stereocenters. The van der Waals surface area contributed by atoms with Gasteiger partial charge in [0.05, 0.1) is 21.2 Å². The molecule has 0 spiro atoms. The standard InChI is InChI=1S/C21H15ClFN5O2S/c22-12-5-2-6-13(23)18(12)20(30)25-17-10-15(16-8-3-9-31-16)27-28(17)21-24-14-7-1-4-11(14)19(29)26-21/h2-3,5-6,8-10H,1,4,7H2,(H,25,30)(H,24,26,29). The molecule has 31 heavy (non-hydrogen) atoms. The maximum absolute atomic E-state index is 14.2. The Morgan fingerprint density at radius 1 is 1.26 bits per heavy atom. The first-order chi connectivity index (χ1) is 15.0. The first-order valence-electron chi connectivity index (χ1n) is 9.53. The number of nitrogens with zero attached hydrogens (tertiary/aromatic N) is 3. The molecule has 0 aliphatic heterocycles. The summed E-state index contributed by atoms with van der Waals surface area (Å²) in [6.45, 7) is 0. The van der Waals surface area contributed by atoms with Crippen LogP contribution in [0.25, 0.3) is 16.5 Å². The monoisotopic (exact) mass is 455 g/mol. The highest BCUT2D eigenvalue weighted by Crippen LogP contribution is 2.29. The first kappa shape index (κ1) is 19.7. The fraction of sp³-hybridized carbons (Fsp3) is 0.143. The van der Waals surface area contributed by atoms with Gasteiger partial charge in [0.1, 0.15) is 17.3 Å². The number of benzene rings is 1. The van der Waals surface area contributed by atoms with Crippen LogP contribution in [-0.4, -0.2) is 25.7 Å². The summed E-state index contributed by atoms with van der Waals surface area (Å²) in [4.78, 5) is 33.5. The zero-order valence-corrected chi connectivity index (χ0v) is 17.6. The van der Waals surface area contributed by atoms with Crippen molar-refractivity contribution in [2.45, 2.75) is 19.3 Å². The average Bonchev–Trinajstić information content (AvgIpc) is 3.48. The number of H-pyrrole nitrogens is 1.